The number of benzene rings is 2. The number of nitrogens with one attached hydrogen (secondary N) is 1. The summed E-state index contributed by atoms with van der Waals surface area (Å²) in [7, 11) is 0. The number of fused-ring (bicyclic) bond motifs is 1. The van der Waals surface area contributed by atoms with Crippen LogP contribution in [0.4, 0.5) is 0 Å². The molecule has 26 heavy (non-hydrogen) atoms. The molecule has 1 N–H and O–H groups in total. The second-order valence-corrected chi connectivity index (χ2v) is 7.03. The number of amides is 1. The van der Waals surface area contributed by atoms with Gasteiger partial charge in [-0.3, -0.25) is 4.79 Å². The Labute approximate surface area is 157 Å². The lowest BCUT2D eigenvalue weighted by molar-refractivity contribution is -0.135. The fourth-order valence-corrected chi connectivity index (χ4v) is 3.83. The van der Waals surface area contributed by atoms with Gasteiger partial charge in [0.2, 0.25) is 5.91 Å². The third-order valence-corrected chi connectivity index (χ3v) is 5.17. The van der Waals surface area contributed by atoms with E-state index in [1.807, 2.05) is 64.9 Å². The number of rotatable bonds is 3. The Morgan fingerprint density at radius 3 is 2.96 bits per heavy atom. The molecule has 1 aliphatic heterocycles. The molecule has 0 aliphatic carbocycles. The van der Waals surface area contributed by atoms with E-state index in [9.17, 15) is 4.79 Å². The largest absolute Gasteiger partial charge is 0.332 e. The molecule has 0 bridgehead atoms. The number of carbonyl (C=O) groups excluding carboxylic acids is 1. The van der Waals surface area contributed by atoms with Crippen molar-refractivity contribution in [1.82, 2.24) is 19.8 Å². The van der Waals surface area contributed by atoms with Gasteiger partial charge < -0.3 is 14.8 Å². The zero-order valence-corrected chi connectivity index (χ0v) is 15.4. The lowest BCUT2D eigenvalue weighted by atomic mass is 10.0. The van der Waals surface area contributed by atoms with Crippen molar-refractivity contribution in [2.75, 3.05) is 19.6 Å². The average molecular weight is 369 g/mol. The number of hydrogen-bond acceptors (Lipinski definition) is 3. The molecule has 6 heteroatoms. The van der Waals surface area contributed by atoms with Crippen LogP contribution in [0, 0.1) is 6.92 Å². The maximum absolute atomic E-state index is 13.1. The van der Waals surface area contributed by atoms with Gasteiger partial charge in [0.05, 0.1) is 17.1 Å². The van der Waals surface area contributed by atoms with E-state index in [1.165, 1.54) is 0 Å². The Balaban J connectivity index is 1.62. The highest BCUT2D eigenvalue weighted by Crippen LogP contribution is 2.25. The Morgan fingerprint density at radius 2 is 2.12 bits per heavy atom. The number of halogens is 1. The van der Waals surface area contributed by atoms with Gasteiger partial charge in [0, 0.05) is 24.7 Å². The zero-order valence-electron chi connectivity index (χ0n) is 14.7. The van der Waals surface area contributed by atoms with Crippen molar-refractivity contribution in [2.45, 2.75) is 19.5 Å². The molecule has 1 aromatic heterocycles. The molecule has 2 heterocycles. The topological polar surface area (TPSA) is 50.2 Å². The van der Waals surface area contributed by atoms with Crippen molar-refractivity contribution >= 4 is 28.5 Å². The van der Waals surface area contributed by atoms with Crippen molar-refractivity contribution in [1.29, 1.82) is 0 Å². The molecule has 0 saturated carbocycles. The van der Waals surface area contributed by atoms with Crippen LogP contribution in [0.1, 0.15) is 17.4 Å². The van der Waals surface area contributed by atoms with Gasteiger partial charge in [-0.1, -0.05) is 35.9 Å². The molecule has 2 aromatic carbocycles. The fraction of sp³-hybridized carbons (Fsp3) is 0.300. The predicted molar refractivity (Wildman–Crippen MR) is 103 cm³/mol. The summed E-state index contributed by atoms with van der Waals surface area (Å²) in [5.41, 5.74) is 2.97. The number of imidazole rings is 1. The van der Waals surface area contributed by atoms with E-state index in [1.54, 1.807) is 0 Å². The van der Waals surface area contributed by atoms with Crippen LogP contribution in [-0.2, 0) is 11.3 Å². The van der Waals surface area contributed by atoms with Gasteiger partial charge in [-0.25, -0.2) is 4.98 Å². The maximum Gasteiger partial charge on any atom is 0.243 e. The molecule has 1 amide bonds. The predicted octanol–water partition coefficient (Wildman–Crippen LogP) is 3.17. The van der Waals surface area contributed by atoms with Crippen LogP contribution in [-0.4, -0.2) is 40.0 Å². The monoisotopic (exact) mass is 368 g/mol. The molecule has 1 atom stereocenters. The van der Waals surface area contributed by atoms with Gasteiger partial charge in [-0.05, 0) is 36.8 Å². The van der Waals surface area contributed by atoms with Crippen molar-refractivity contribution in [3.8, 4) is 0 Å². The van der Waals surface area contributed by atoms with Gasteiger partial charge in [-0.15, -0.1) is 0 Å². The van der Waals surface area contributed by atoms with Crippen LogP contribution in [0.2, 0.25) is 5.02 Å². The molecule has 0 spiro atoms. The smallest absolute Gasteiger partial charge is 0.243 e. The van der Waals surface area contributed by atoms with Crippen LogP contribution in [0.3, 0.4) is 0 Å². The molecule has 1 saturated heterocycles. The first-order valence-corrected chi connectivity index (χ1v) is 9.19. The lowest BCUT2D eigenvalue weighted by Crippen LogP contribution is -2.49. The Bertz CT molecular complexity index is 952. The van der Waals surface area contributed by atoms with E-state index in [4.69, 9.17) is 11.6 Å². The molecule has 5 nitrogen and oxygen atoms in total. The van der Waals surface area contributed by atoms with E-state index in [2.05, 4.69) is 10.3 Å². The first kappa shape index (κ1) is 17.1. The van der Waals surface area contributed by atoms with Gasteiger partial charge in [0.15, 0.2) is 0 Å². The SMILES string of the molecule is Cc1nc2ccccc2n1CC(=O)N1CCNCC1c1cccc(Cl)c1. The summed E-state index contributed by atoms with van der Waals surface area (Å²) in [5, 5.41) is 4.07. The summed E-state index contributed by atoms with van der Waals surface area (Å²) in [6, 6.07) is 15.7. The third kappa shape index (κ3) is 3.20. The molecule has 134 valence electrons. The number of aromatic nitrogens is 2. The number of nitrogens with zero attached hydrogens (tertiary/aromatic N) is 3. The molecule has 4 rings (SSSR count). The molecule has 3 aromatic rings. The summed E-state index contributed by atoms with van der Waals surface area (Å²) in [4.78, 5) is 19.7. The molecular formula is C20H21ClN4O. The number of hydrogen-bond donors (Lipinski definition) is 1. The normalized spacial score (nSPS) is 17.6. The van der Waals surface area contributed by atoms with Crippen molar-refractivity contribution in [3.63, 3.8) is 0 Å². The minimum atomic E-state index is -0.00922. The van der Waals surface area contributed by atoms with Crippen LogP contribution in [0.25, 0.3) is 11.0 Å². The fourth-order valence-electron chi connectivity index (χ4n) is 3.64. The molecule has 1 unspecified atom stereocenters. The minimum absolute atomic E-state index is 0.00922. The third-order valence-electron chi connectivity index (χ3n) is 4.94. The van der Waals surface area contributed by atoms with Gasteiger partial charge in [-0.2, -0.15) is 0 Å². The average Bonchev–Trinajstić information content (AvgIpc) is 2.97. The molecule has 1 fully saturated rings. The quantitative estimate of drug-likeness (QED) is 0.772. The van der Waals surface area contributed by atoms with Crippen LogP contribution >= 0.6 is 11.6 Å². The van der Waals surface area contributed by atoms with E-state index in [0.29, 0.717) is 18.1 Å². The Kier molecular flexibility index (Phi) is 4.66. The Morgan fingerprint density at radius 1 is 1.27 bits per heavy atom. The van der Waals surface area contributed by atoms with E-state index in [0.717, 1.165) is 35.5 Å². The van der Waals surface area contributed by atoms with Crippen LogP contribution in [0.15, 0.2) is 48.5 Å². The first-order valence-electron chi connectivity index (χ1n) is 8.81. The summed E-state index contributed by atoms with van der Waals surface area (Å²) in [6.07, 6.45) is 0. The maximum atomic E-state index is 13.1. The summed E-state index contributed by atoms with van der Waals surface area (Å²) >= 11 is 6.16. The zero-order chi connectivity index (χ0) is 18.1. The minimum Gasteiger partial charge on any atom is -0.332 e. The highest BCUT2D eigenvalue weighted by molar-refractivity contribution is 6.30. The van der Waals surface area contributed by atoms with Gasteiger partial charge in [0.25, 0.3) is 0 Å². The lowest BCUT2D eigenvalue weighted by Gasteiger charge is -2.37. The summed E-state index contributed by atoms with van der Waals surface area (Å²) < 4.78 is 1.99. The van der Waals surface area contributed by atoms with Crippen LogP contribution < -0.4 is 5.32 Å². The first-order chi connectivity index (χ1) is 12.6. The van der Waals surface area contributed by atoms with Crippen molar-refractivity contribution in [2.24, 2.45) is 0 Å². The second kappa shape index (κ2) is 7.09. The van der Waals surface area contributed by atoms with Gasteiger partial charge in [0.1, 0.15) is 12.4 Å². The number of piperazine rings is 1. The molecular weight excluding hydrogens is 348 g/mol. The van der Waals surface area contributed by atoms with Crippen molar-refractivity contribution in [3.05, 3.63) is 64.9 Å². The second-order valence-electron chi connectivity index (χ2n) is 6.60. The summed E-state index contributed by atoms with van der Waals surface area (Å²) in [6.45, 7) is 4.45. The van der Waals surface area contributed by atoms with Crippen LogP contribution in [0.5, 0.6) is 0 Å². The van der Waals surface area contributed by atoms with Gasteiger partial charge >= 0.3 is 0 Å². The molecule has 1 aliphatic rings. The Hall–Kier alpha value is -2.37. The van der Waals surface area contributed by atoms with Crippen molar-refractivity contribution < 1.29 is 4.79 Å². The number of para-hydroxylation sites is 2. The highest BCUT2D eigenvalue weighted by Gasteiger charge is 2.28. The standard InChI is InChI=1S/C20H21ClN4O/c1-14-23-17-7-2-3-8-18(17)25(14)13-20(26)24-10-9-22-12-19(24)15-5-4-6-16(21)11-15/h2-8,11,19,22H,9-10,12-13H2,1H3. The molecule has 0 radical (unpaired) electrons. The highest BCUT2D eigenvalue weighted by atomic mass is 35.5. The van der Waals surface area contributed by atoms with E-state index >= 15 is 0 Å². The summed E-state index contributed by atoms with van der Waals surface area (Å²) in [5.74, 6) is 0.955. The van der Waals surface area contributed by atoms with E-state index < -0.39 is 0 Å². The number of aryl methyl sites for hydroxylation is 1. The van der Waals surface area contributed by atoms with E-state index in [-0.39, 0.29) is 11.9 Å². The number of carbonyl (C=O) groups is 1.